The molecule has 3 aliphatic rings. The number of ether oxygens (including phenoxy) is 1. The number of rotatable bonds is 5. The SMILES string of the molecule is [B]C([B])(O)n1nccc1C1CCN(C2CC3(CCN(C(=O)OCC(O)(O)O)C3)C2)CC1. The van der Waals surface area contributed by atoms with E-state index in [0.29, 0.717) is 19.1 Å². The summed E-state index contributed by atoms with van der Waals surface area (Å²) in [6, 6.07) is 2.33. The number of piperidine rings is 1. The number of nitrogens with zero attached hydrogens (tertiary/aromatic N) is 4. The second-order valence-corrected chi connectivity index (χ2v) is 9.32. The van der Waals surface area contributed by atoms with Gasteiger partial charge < -0.3 is 35.0 Å². The Morgan fingerprint density at radius 2 is 1.87 bits per heavy atom. The van der Waals surface area contributed by atoms with E-state index < -0.39 is 24.2 Å². The molecule has 0 aromatic carbocycles. The lowest BCUT2D eigenvalue weighted by Crippen LogP contribution is -2.54. The van der Waals surface area contributed by atoms with Crippen LogP contribution in [0, 0.1) is 5.41 Å². The first kappa shape index (κ1) is 22.6. The Morgan fingerprint density at radius 3 is 2.48 bits per heavy atom. The van der Waals surface area contributed by atoms with E-state index in [2.05, 4.69) is 10.00 Å². The Labute approximate surface area is 183 Å². The Bertz CT molecular complexity index is 794. The third-order valence-electron chi connectivity index (χ3n) is 6.90. The van der Waals surface area contributed by atoms with Gasteiger partial charge >= 0.3 is 12.1 Å². The number of amides is 1. The lowest BCUT2D eigenvalue weighted by molar-refractivity contribution is -0.325. The van der Waals surface area contributed by atoms with Crippen molar-refractivity contribution in [2.45, 2.75) is 55.6 Å². The molecule has 3 fully saturated rings. The van der Waals surface area contributed by atoms with E-state index in [9.17, 15) is 9.90 Å². The van der Waals surface area contributed by atoms with Gasteiger partial charge in [-0.05, 0) is 56.7 Å². The highest BCUT2D eigenvalue weighted by atomic mass is 16.7. The van der Waals surface area contributed by atoms with Crippen molar-refractivity contribution in [3.8, 4) is 0 Å². The van der Waals surface area contributed by atoms with E-state index in [-0.39, 0.29) is 11.3 Å². The zero-order valence-electron chi connectivity index (χ0n) is 17.4. The van der Waals surface area contributed by atoms with E-state index in [0.717, 1.165) is 50.9 Å². The fourth-order valence-corrected chi connectivity index (χ4v) is 5.35. The number of carbonyl (C=O) groups excluding carboxylic acids is 1. The van der Waals surface area contributed by atoms with Crippen molar-refractivity contribution in [1.29, 1.82) is 0 Å². The van der Waals surface area contributed by atoms with Crippen LogP contribution in [-0.4, -0.2) is 107 Å². The number of hydrogen-bond donors (Lipinski definition) is 4. The average molecular weight is 430 g/mol. The van der Waals surface area contributed by atoms with Crippen molar-refractivity contribution in [3.63, 3.8) is 0 Å². The minimum atomic E-state index is -3.01. The molecular formula is C19H28B2N4O6. The molecule has 3 heterocycles. The summed E-state index contributed by atoms with van der Waals surface area (Å²) in [7, 11) is 11.2. The van der Waals surface area contributed by atoms with Gasteiger partial charge in [-0.15, -0.1) is 0 Å². The van der Waals surface area contributed by atoms with Gasteiger partial charge in [0.1, 0.15) is 15.7 Å². The van der Waals surface area contributed by atoms with Crippen molar-refractivity contribution in [1.82, 2.24) is 19.6 Å². The minimum Gasteiger partial charge on any atom is -0.441 e. The summed E-state index contributed by atoms with van der Waals surface area (Å²) in [5, 5.41) is 40.5. The summed E-state index contributed by atoms with van der Waals surface area (Å²) >= 11 is 0. The maximum Gasteiger partial charge on any atom is 0.410 e. The second kappa shape index (κ2) is 8.08. The molecule has 4 radical (unpaired) electrons. The lowest BCUT2D eigenvalue weighted by Gasteiger charge is -2.51. The molecule has 1 aromatic heterocycles. The van der Waals surface area contributed by atoms with Gasteiger partial charge in [-0.2, -0.15) is 5.10 Å². The molecule has 1 aromatic rings. The molecule has 1 saturated carbocycles. The molecular weight excluding hydrogens is 402 g/mol. The van der Waals surface area contributed by atoms with Crippen LogP contribution in [0.3, 0.4) is 0 Å². The van der Waals surface area contributed by atoms with Gasteiger partial charge in [0.05, 0.1) is 5.52 Å². The lowest BCUT2D eigenvalue weighted by atomic mass is 9.64. The summed E-state index contributed by atoms with van der Waals surface area (Å²) in [5.41, 5.74) is -1.07. The highest BCUT2D eigenvalue weighted by Gasteiger charge is 2.51. The van der Waals surface area contributed by atoms with Crippen LogP contribution in [-0.2, 0) is 10.3 Å². The molecule has 2 saturated heterocycles. The van der Waals surface area contributed by atoms with Gasteiger partial charge in [0.25, 0.3) is 0 Å². The van der Waals surface area contributed by atoms with E-state index in [1.165, 1.54) is 4.68 Å². The quantitative estimate of drug-likeness (QED) is 0.331. The smallest absolute Gasteiger partial charge is 0.410 e. The molecule has 2 aliphatic heterocycles. The van der Waals surface area contributed by atoms with Crippen molar-refractivity contribution in [2.75, 3.05) is 32.8 Å². The van der Waals surface area contributed by atoms with Crippen LogP contribution in [0.15, 0.2) is 12.3 Å². The summed E-state index contributed by atoms with van der Waals surface area (Å²) in [5.74, 6) is -2.77. The van der Waals surface area contributed by atoms with Crippen LogP contribution in [0.25, 0.3) is 0 Å². The van der Waals surface area contributed by atoms with Crippen molar-refractivity contribution in [2.24, 2.45) is 5.41 Å². The van der Waals surface area contributed by atoms with Crippen LogP contribution < -0.4 is 0 Å². The van der Waals surface area contributed by atoms with Crippen LogP contribution >= 0.6 is 0 Å². The predicted octanol–water partition coefficient (Wildman–Crippen LogP) is -1.42. The van der Waals surface area contributed by atoms with E-state index in [1.54, 1.807) is 11.1 Å². The van der Waals surface area contributed by atoms with Crippen molar-refractivity contribution in [3.05, 3.63) is 18.0 Å². The molecule has 31 heavy (non-hydrogen) atoms. The third-order valence-corrected chi connectivity index (χ3v) is 6.90. The molecule has 4 rings (SSSR count). The molecule has 1 amide bonds. The fraction of sp³-hybridized carbons (Fsp3) is 0.789. The average Bonchev–Trinajstić information content (AvgIpc) is 3.32. The molecule has 1 aliphatic carbocycles. The van der Waals surface area contributed by atoms with Gasteiger partial charge in [0.15, 0.2) is 6.61 Å². The Balaban J connectivity index is 1.24. The van der Waals surface area contributed by atoms with E-state index >= 15 is 0 Å². The predicted molar refractivity (Wildman–Crippen MR) is 110 cm³/mol. The summed E-state index contributed by atoms with van der Waals surface area (Å²) in [6.45, 7) is 2.13. The molecule has 0 unspecified atom stereocenters. The molecule has 4 N–H and O–H groups in total. The first-order valence-electron chi connectivity index (χ1n) is 10.6. The van der Waals surface area contributed by atoms with Crippen molar-refractivity contribution < 1.29 is 30.0 Å². The maximum atomic E-state index is 12.1. The molecule has 0 bridgehead atoms. The third kappa shape index (κ3) is 4.93. The molecule has 12 heteroatoms. The number of aromatic nitrogens is 2. The highest BCUT2D eigenvalue weighted by molar-refractivity contribution is 6.36. The topological polar surface area (TPSA) is 132 Å². The summed E-state index contributed by atoms with van der Waals surface area (Å²) in [6.07, 6.45) is 5.72. The Morgan fingerprint density at radius 1 is 1.19 bits per heavy atom. The van der Waals surface area contributed by atoms with Gasteiger partial charge in [0, 0.05) is 36.9 Å². The standard InChI is InChI=1S/C19H28B2N4O6/c20-19(21,30)25-15(1-5-22-25)13-2-6-23(7-3-13)14-9-17(10-14)4-8-24(11-17)16(26)31-12-18(27,28)29/h1,5,13-14,27-30H,2-4,6-12H2. The number of hydrogen-bond acceptors (Lipinski definition) is 8. The first-order chi connectivity index (χ1) is 14.5. The molecule has 0 atom stereocenters. The fourth-order valence-electron chi connectivity index (χ4n) is 5.35. The largest absolute Gasteiger partial charge is 0.441 e. The molecule has 1 spiro atoms. The highest BCUT2D eigenvalue weighted by Crippen LogP contribution is 2.51. The number of carbonyl (C=O) groups is 1. The van der Waals surface area contributed by atoms with Gasteiger partial charge in [-0.3, -0.25) is 4.68 Å². The van der Waals surface area contributed by atoms with E-state index in [1.807, 2.05) is 6.07 Å². The summed E-state index contributed by atoms with van der Waals surface area (Å²) < 4.78 is 6.04. The minimum absolute atomic E-state index is 0.0868. The van der Waals surface area contributed by atoms with Crippen LogP contribution in [0.1, 0.15) is 43.7 Å². The number of aliphatic hydroxyl groups is 4. The first-order valence-corrected chi connectivity index (χ1v) is 10.6. The monoisotopic (exact) mass is 430 g/mol. The van der Waals surface area contributed by atoms with Crippen LogP contribution in [0.4, 0.5) is 4.79 Å². The second-order valence-electron chi connectivity index (χ2n) is 9.32. The van der Waals surface area contributed by atoms with Gasteiger partial charge in [-0.1, -0.05) is 0 Å². The van der Waals surface area contributed by atoms with Crippen LogP contribution in [0.2, 0.25) is 0 Å². The maximum absolute atomic E-state index is 12.1. The Hall–Kier alpha value is -1.59. The van der Waals surface area contributed by atoms with E-state index in [4.69, 9.17) is 35.7 Å². The van der Waals surface area contributed by atoms with Crippen LogP contribution in [0.5, 0.6) is 0 Å². The summed E-state index contributed by atoms with van der Waals surface area (Å²) in [4.78, 5) is 16.1. The number of likely N-dealkylation sites (tertiary alicyclic amines) is 2. The van der Waals surface area contributed by atoms with Gasteiger partial charge in [0.2, 0.25) is 0 Å². The molecule has 166 valence electrons. The zero-order chi connectivity index (χ0) is 22.4. The Kier molecular flexibility index (Phi) is 5.89. The molecule has 10 nitrogen and oxygen atoms in total. The van der Waals surface area contributed by atoms with Gasteiger partial charge in [-0.25, -0.2) is 4.79 Å². The normalized spacial score (nSPS) is 28.1. The van der Waals surface area contributed by atoms with Crippen molar-refractivity contribution >= 4 is 21.8 Å². The zero-order valence-corrected chi connectivity index (χ0v) is 17.4.